The molecule has 0 fully saturated rings. The largest absolute Gasteiger partial charge is 0.456 e. The maximum absolute atomic E-state index is 6.36. The average Bonchev–Trinajstić information content (AvgIpc) is 3.98. The first-order valence-corrected chi connectivity index (χ1v) is 23.0. The molecule has 0 aliphatic heterocycles. The van der Waals surface area contributed by atoms with Gasteiger partial charge in [-0.05, 0) is 141 Å². The van der Waals surface area contributed by atoms with E-state index in [9.17, 15) is 0 Å². The fourth-order valence-corrected chi connectivity index (χ4v) is 11.5. The van der Waals surface area contributed by atoms with Crippen LogP contribution in [0.5, 0.6) is 0 Å². The lowest BCUT2D eigenvalue weighted by Crippen LogP contribution is -2.22. The van der Waals surface area contributed by atoms with Gasteiger partial charge in [0.25, 0.3) is 0 Å². The number of fused-ring (bicyclic) bond motifs is 9. The summed E-state index contributed by atoms with van der Waals surface area (Å²) < 4.78 is 6.36. The van der Waals surface area contributed by atoms with Crippen molar-refractivity contribution in [3.63, 3.8) is 0 Å². The van der Waals surface area contributed by atoms with Gasteiger partial charge in [0.1, 0.15) is 11.2 Å². The van der Waals surface area contributed by atoms with Crippen LogP contribution in [-0.2, 0) is 10.8 Å². The van der Waals surface area contributed by atoms with Gasteiger partial charge < -0.3 is 9.32 Å². The Bertz CT molecular complexity index is 3680. The third kappa shape index (κ3) is 5.61. The molecule has 312 valence electrons. The van der Waals surface area contributed by atoms with Crippen LogP contribution >= 0.6 is 0 Å². The van der Waals surface area contributed by atoms with E-state index in [-0.39, 0.29) is 10.8 Å². The van der Waals surface area contributed by atoms with E-state index in [4.69, 9.17) is 4.42 Å². The summed E-state index contributed by atoms with van der Waals surface area (Å²) in [6.07, 6.45) is 0. The van der Waals surface area contributed by atoms with Crippen molar-refractivity contribution in [3.05, 3.63) is 270 Å². The highest BCUT2D eigenvalue weighted by Gasteiger charge is 2.42. The summed E-state index contributed by atoms with van der Waals surface area (Å²) in [5.74, 6) is 0. The van der Waals surface area contributed by atoms with E-state index in [0.29, 0.717) is 0 Å². The lowest BCUT2D eigenvalue weighted by Gasteiger charge is -2.30. The molecule has 0 radical (unpaired) electrons. The highest BCUT2D eigenvalue weighted by molar-refractivity contribution is 6.07. The number of para-hydroxylation sites is 2. The first-order chi connectivity index (χ1) is 32.5. The lowest BCUT2D eigenvalue weighted by molar-refractivity contribution is 0.669. The Morgan fingerprint density at radius 2 is 0.788 bits per heavy atom. The van der Waals surface area contributed by atoms with Gasteiger partial charge in [-0.15, -0.1) is 0 Å². The Morgan fingerprint density at radius 1 is 0.318 bits per heavy atom. The number of rotatable bonds is 7. The highest BCUT2D eigenvalue weighted by Crippen LogP contribution is 2.55. The van der Waals surface area contributed by atoms with Gasteiger partial charge in [-0.2, -0.15) is 0 Å². The van der Waals surface area contributed by atoms with Gasteiger partial charge in [0.2, 0.25) is 0 Å². The van der Waals surface area contributed by atoms with Crippen molar-refractivity contribution in [1.82, 2.24) is 0 Å². The predicted molar refractivity (Wildman–Crippen MR) is 274 cm³/mol. The van der Waals surface area contributed by atoms with Crippen LogP contribution in [0.15, 0.2) is 241 Å². The third-order valence-corrected chi connectivity index (χ3v) is 14.9. The second-order valence-electron chi connectivity index (χ2n) is 18.3. The standard InChI is InChI=1S/C64H45NO/c1-63(45-17-5-3-6-18-45)56-25-13-9-22-50(56)52-36-31-43(39-58(52)63)42-29-33-47(34-30-42)65(48-35-38-62-55(41-48)54-24-12-16-28-61(54)66-62)60-27-15-11-21-49(60)44-32-37-53-51-23-10-14-26-57(51)64(2,59(53)40-44)46-19-7-4-8-20-46/h3-41H,1-2H3. The molecule has 0 saturated heterocycles. The molecule has 0 spiro atoms. The van der Waals surface area contributed by atoms with Crippen LogP contribution in [0.4, 0.5) is 17.1 Å². The third-order valence-electron chi connectivity index (χ3n) is 14.9. The molecular formula is C64H45NO. The molecule has 0 N–H and O–H groups in total. The van der Waals surface area contributed by atoms with Crippen LogP contribution in [0, 0.1) is 0 Å². The Labute approximate surface area is 385 Å². The maximum Gasteiger partial charge on any atom is 0.135 e. The fourth-order valence-electron chi connectivity index (χ4n) is 11.5. The van der Waals surface area contributed by atoms with E-state index in [1.807, 2.05) is 6.07 Å². The molecule has 10 aromatic carbocycles. The van der Waals surface area contributed by atoms with Crippen molar-refractivity contribution >= 4 is 39.0 Å². The molecule has 11 aromatic rings. The van der Waals surface area contributed by atoms with Gasteiger partial charge in [-0.1, -0.05) is 182 Å². The minimum Gasteiger partial charge on any atom is -0.456 e. The van der Waals surface area contributed by atoms with E-state index in [1.165, 1.54) is 72.3 Å². The zero-order valence-corrected chi connectivity index (χ0v) is 36.9. The number of furan rings is 1. The van der Waals surface area contributed by atoms with Gasteiger partial charge in [0.15, 0.2) is 0 Å². The molecule has 1 heterocycles. The van der Waals surface area contributed by atoms with Crippen LogP contribution in [0.3, 0.4) is 0 Å². The Morgan fingerprint density at radius 3 is 1.44 bits per heavy atom. The Hall–Kier alpha value is -8.20. The van der Waals surface area contributed by atoms with Crippen molar-refractivity contribution in [3.8, 4) is 44.5 Å². The minimum absolute atomic E-state index is 0.265. The van der Waals surface area contributed by atoms with Gasteiger partial charge in [0.05, 0.1) is 5.69 Å². The molecule has 2 atom stereocenters. The SMILES string of the molecule is CC1(c2ccccc2)c2ccccc2-c2ccc(-c3ccc(N(c4ccc5oc6ccccc6c5c4)c4ccccc4-c4ccc5c(c4)C(C)(c4ccccc4)c4ccccc4-5)cc3)cc21. The topological polar surface area (TPSA) is 16.4 Å². The van der Waals surface area contributed by atoms with E-state index >= 15 is 0 Å². The van der Waals surface area contributed by atoms with E-state index in [0.717, 1.165) is 44.6 Å². The molecule has 66 heavy (non-hydrogen) atoms. The minimum atomic E-state index is -0.306. The highest BCUT2D eigenvalue weighted by atomic mass is 16.3. The van der Waals surface area contributed by atoms with Crippen LogP contribution in [0.25, 0.3) is 66.4 Å². The molecule has 2 aliphatic rings. The molecular weight excluding hydrogens is 799 g/mol. The van der Waals surface area contributed by atoms with Crippen LogP contribution in [-0.4, -0.2) is 0 Å². The molecule has 0 saturated carbocycles. The number of anilines is 3. The van der Waals surface area contributed by atoms with Crippen molar-refractivity contribution in [2.45, 2.75) is 24.7 Å². The van der Waals surface area contributed by atoms with Gasteiger partial charge in [-0.3, -0.25) is 0 Å². The first-order valence-electron chi connectivity index (χ1n) is 23.0. The summed E-state index contributed by atoms with van der Waals surface area (Å²) in [6, 6.07) is 86.9. The zero-order chi connectivity index (χ0) is 44.0. The van der Waals surface area contributed by atoms with Crippen molar-refractivity contribution in [2.75, 3.05) is 4.90 Å². The van der Waals surface area contributed by atoms with Crippen molar-refractivity contribution < 1.29 is 4.42 Å². The average molecular weight is 844 g/mol. The summed E-state index contributed by atoms with van der Waals surface area (Å²) in [4.78, 5) is 2.42. The van der Waals surface area contributed by atoms with E-state index in [1.54, 1.807) is 0 Å². The monoisotopic (exact) mass is 843 g/mol. The predicted octanol–water partition coefficient (Wildman–Crippen LogP) is 17.1. The summed E-state index contributed by atoms with van der Waals surface area (Å²) in [5, 5.41) is 2.20. The van der Waals surface area contributed by atoms with Gasteiger partial charge in [-0.25, -0.2) is 0 Å². The van der Waals surface area contributed by atoms with E-state index < -0.39 is 0 Å². The van der Waals surface area contributed by atoms with E-state index in [2.05, 4.69) is 249 Å². The van der Waals surface area contributed by atoms with Crippen LogP contribution in [0.2, 0.25) is 0 Å². The summed E-state index contributed by atoms with van der Waals surface area (Å²) in [7, 11) is 0. The lowest BCUT2D eigenvalue weighted by atomic mass is 9.74. The second kappa shape index (κ2) is 14.7. The fraction of sp³-hybridized carbons (Fsp3) is 0.0625. The quantitative estimate of drug-likeness (QED) is 0.159. The van der Waals surface area contributed by atoms with Crippen molar-refractivity contribution in [1.29, 1.82) is 0 Å². The molecule has 2 heteroatoms. The number of hydrogen-bond donors (Lipinski definition) is 0. The molecule has 2 nitrogen and oxygen atoms in total. The van der Waals surface area contributed by atoms with Crippen LogP contribution < -0.4 is 4.90 Å². The molecule has 1 aromatic heterocycles. The normalized spacial score (nSPS) is 16.8. The van der Waals surface area contributed by atoms with Crippen molar-refractivity contribution in [2.24, 2.45) is 0 Å². The van der Waals surface area contributed by atoms with Crippen LogP contribution in [0.1, 0.15) is 47.2 Å². The smallest absolute Gasteiger partial charge is 0.135 e. The maximum atomic E-state index is 6.36. The number of benzene rings is 10. The summed E-state index contributed by atoms with van der Waals surface area (Å²) >= 11 is 0. The van der Waals surface area contributed by atoms with Gasteiger partial charge in [0, 0.05) is 38.5 Å². The molecule has 2 unspecified atom stereocenters. The van der Waals surface area contributed by atoms with Gasteiger partial charge >= 0.3 is 0 Å². The second-order valence-corrected chi connectivity index (χ2v) is 18.3. The number of hydrogen-bond acceptors (Lipinski definition) is 2. The molecule has 2 aliphatic carbocycles. The summed E-state index contributed by atoms with van der Waals surface area (Å²) in [6.45, 7) is 4.78. The summed E-state index contributed by atoms with van der Waals surface area (Å²) in [5.41, 5.74) is 22.3. The Kier molecular flexibility index (Phi) is 8.51. The zero-order valence-electron chi connectivity index (χ0n) is 36.9. The molecule has 0 amide bonds. The number of nitrogens with zero attached hydrogens (tertiary/aromatic N) is 1. The first kappa shape index (κ1) is 38.3. The molecule has 13 rings (SSSR count). The molecule has 0 bridgehead atoms. The Balaban J connectivity index is 0.959.